The first-order chi connectivity index (χ1) is 13.8. The van der Waals surface area contributed by atoms with Gasteiger partial charge in [0.05, 0.1) is 4.90 Å². The minimum absolute atomic E-state index is 0.111. The fourth-order valence-electron chi connectivity index (χ4n) is 2.94. The van der Waals surface area contributed by atoms with E-state index in [2.05, 4.69) is 0 Å². The summed E-state index contributed by atoms with van der Waals surface area (Å²) in [6.45, 7) is 0.730. The highest BCUT2D eigenvalue weighted by Gasteiger charge is 2.30. The topological polar surface area (TPSA) is 57.7 Å². The van der Waals surface area contributed by atoms with Crippen LogP contribution in [0.15, 0.2) is 52.3 Å². The van der Waals surface area contributed by atoms with E-state index in [1.165, 1.54) is 40.3 Å². The second-order valence-electron chi connectivity index (χ2n) is 6.42. The van der Waals surface area contributed by atoms with Crippen LogP contribution in [-0.2, 0) is 14.8 Å². The first-order valence-corrected chi connectivity index (χ1v) is 11.3. The highest BCUT2D eigenvalue weighted by Crippen LogP contribution is 2.22. The summed E-state index contributed by atoms with van der Waals surface area (Å²) < 4.78 is 65.9. The highest BCUT2D eigenvalue weighted by atomic mass is 32.2. The third kappa shape index (κ3) is 5.31. The van der Waals surface area contributed by atoms with Crippen LogP contribution in [0.5, 0.6) is 0 Å². The van der Waals surface area contributed by atoms with Gasteiger partial charge in [0.1, 0.15) is 5.82 Å². The minimum atomic E-state index is -3.81. The van der Waals surface area contributed by atoms with E-state index in [-0.39, 0.29) is 43.4 Å². The van der Waals surface area contributed by atoms with Gasteiger partial charge in [-0.2, -0.15) is 4.31 Å². The number of thioether (sulfide) groups is 1. The number of sulfonamides is 1. The van der Waals surface area contributed by atoms with Crippen molar-refractivity contribution in [3.05, 3.63) is 59.9 Å². The summed E-state index contributed by atoms with van der Waals surface area (Å²) in [5.74, 6) is -2.22. The molecule has 3 rings (SSSR count). The fourth-order valence-corrected chi connectivity index (χ4v) is 5.25. The van der Waals surface area contributed by atoms with Gasteiger partial charge in [-0.3, -0.25) is 4.79 Å². The molecule has 2 aromatic carbocycles. The molecule has 2 aromatic rings. The van der Waals surface area contributed by atoms with Gasteiger partial charge >= 0.3 is 0 Å². The van der Waals surface area contributed by atoms with Crippen LogP contribution in [0.25, 0.3) is 0 Å². The Kier molecular flexibility index (Phi) is 6.86. The fraction of sp³-hybridized carbons (Fsp3) is 0.316. The molecule has 0 spiro atoms. The van der Waals surface area contributed by atoms with E-state index in [1.807, 2.05) is 0 Å². The molecule has 10 heteroatoms. The van der Waals surface area contributed by atoms with Crippen molar-refractivity contribution in [2.24, 2.45) is 0 Å². The average molecular weight is 445 g/mol. The lowest BCUT2D eigenvalue weighted by Crippen LogP contribution is -2.50. The highest BCUT2D eigenvalue weighted by molar-refractivity contribution is 7.99. The molecule has 0 unspecified atom stereocenters. The summed E-state index contributed by atoms with van der Waals surface area (Å²) in [4.78, 5) is 14.3. The maximum absolute atomic E-state index is 13.3. The quantitative estimate of drug-likeness (QED) is 0.643. The number of carbonyl (C=O) groups excluding carboxylic acids is 1. The second kappa shape index (κ2) is 9.19. The lowest BCUT2D eigenvalue weighted by atomic mass is 10.3. The predicted octanol–water partition coefficient (Wildman–Crippen LogP) is 3.12. The Balaban J connectivity index is 1.49. The van der Waals surface area contributed by atoms with Crippen molar-refractivity contribution in [3.63, 3.8) is 0 Å². The van der Waals surface area contributed by atoms with E-state index >= 15 is 0 Å². The second-order valence-corrected chi connectivity index (χ2v) is 9.52. The normalized spacial score (nSPS) is 15.5. The number of hydrogen-bond acceptors (Lipinski definition) is 4. The molecule has 156 valence electrons. The Morgan fingerprint density at radius 3 is 2.34 bits per heavy atom. The van der Waals surface area contributed by atoms with Crippen molar-refractivity contribution in [1.82, 2.24) is 9.21 Å². The maximum atomic E-state index is 13.3. The van der Waals surface area contributed by atoms with Crippen LogP contribution in [0.4, 0.5) is 13.2 Å². The molecule has 0 aromatic heterocycles. The number of carbonyl (C=O) groups is 1. The molecule has 1 aliphatic rings. The SMILES string of the molecule is O=C(CCSc1ccc(F)c(F)c1)N1CCN(S(=O)(=O)c2cccc(F)c2)CC1. The third-order valence-corrected chi connectivity index (χ3v) is 7.39. The van der Waals surface area contributed by atoms with Crippen LogP contribution < -0.4 is 0 Å². The first-order valence-electron chi connectivity index (χ1n) is 8.89. The number of hydrogen-bond donors (Lipinski definition) is 0. The molecule has 0 radical (unpaired) electrons. The van der Waals surface area contributed by atoms with E-state index < -0.39 is 27.5 Å². The summed E-state index contributed by atoms with van der Waals surface area (Å²) in [5.41, 5.74) is 0. The van der Waals surface area contributed by atoms with Crippen LogP contribution in [0.1, 0.15) is 6.42 Å². The average Bonchev–Trinajstić information content (AvgIpc) is 2.70. The zero-order chi connectivity index (χ0) is 21.0. The molecule has 29 heavy (non-hydrogen) atoms. The molecule has 0 bridgehead atoms. The van der Waals surface area contributed by atoms with E-state index in [4.69, 9.17) is 0 Å². The number of nitrogens with zero attached hydrogens (tertiary/aromatic N) is 2. The largest absolute Gasteiger partial charge is 0.340 e. The Bertz CT molecular complexity index is 994. The van der Waals surface area contributed by atoms with Crippen LogP contribution in [-0.4, -0.2) is 55.5 Å². The van der Waals surface area contributed by atoms with Crippen LogP contribution in [0.3, 0.4) is 0 Å². The van der Waals surface area contributed by atoms with Crippen molar-refractivity contribution in [3.8, 4) is 0 Å². The van der Waals surface area contributed by atoms with Crippen molar-refractivity contribution >= 4 is 27.7 Å². The van der Waals surface area contributed by atoms with Gasteiger partial charge in [0, 0.05) is 43.2 Å². The first kappa shape index (κ1) is 21.7. The van der Waals surface area contributed by atoms with Gasteiger partial charge in [-0.25, -0.2) is 21.6 Å². The van der Waals surface area contributed by atoms with Crippen molar-refractivity contribution < 1.29 is 26.4 Å². The zero-order valence-corrected chi connectivity index (χ0v) is 17.0. The molecule has 1 aliphatic heterocycles. The lowest BCUT2D eigenvalue weighted by molar-refractivity contribution is -0.131. The van der Waals surface area contributed by atoms with Crippen molar-refractivity contribution in [2.45, 2.75) is 16.2 Å². The van der Waals surface area contributed by atoms with Gasteiger partial charge in [0.2, 0.25) is 15.9 Å². The molecule has 1 heterocycles. The number of benzene rings is 2. The predicted molar refractivity (Wildman–Crippen MR) is 103 cm³/mol. The Hall–Kier alpha value is -2.04. The third-order valence-electron chi connectivity index (χ3n) is 4.50. The Morgan fingerprint density at radius 2 is 1.69 bits per heavy atom. The number of rotatable bonds is 6. The molecule has 0 aliphatic carbocycles. The van der Waals surface area contributed by atoms with Gasteiger partial charge in [0.15, 0.2) is 11.6 Å². The molecule has 0 saturated carbocycles. The number of amides is 1. The van der Waals surface area contributed by atoms with Crippen LogP contribution in [0.2, 0.25) is 0 Å². The molecular weight excluding hydrogens is 425 g/mol. The molecule has 1 amide bonds. The standard InChI is InChI=1S/C19H19F3N2O3S2/c20-14-2-1-3-16(12-14)29(26,27)24-9-7-23(8-10-24)19(25)6-11-28-15-4-5-17(21)18(22)13-15/h1-5,12-13H,6-11H2. The van der Waals surface area contributed by atoms with Gasteiger partial charge in [0.25, 0.3) is 0 Å². The lowest BCUT2D eigenvalue weighted by Gasteiger charge is -2.34. The van der Waals surface area contributed by atoms with Gasteiger partial charge < -0.3 is 4.90 Å². The van der Waals surface area contributed by atoms with E-state index in [0.717, 1.165) is 18.2 Å². The van der Waals surface area contributed by atoms with E-state index in [9.17, 15) is 26.4 Å². The molecular formula is C19H19F3N2O3S2. The minimum Gasteiger partial charge on any atom is -0.340 e. The summed E-state index contributed by atoms with van der Waals surface area (Å²) in [5, 5.41) is 0. The summed E-state index contributed by atoms with van der Waals surface area (Å²) in [6.07, 6.45) is 0.195. The monoisotopic (exact) mass is 444 g/mol. The van der Waals surface area contributed by atoms with Crippen LogP contribution in [0, 0.1) is 17.5 Å². The molecule has 1 fully saturated rings. The van der Waals surface area contributed by atoms with Crippen molar-refractivity contribution in [2.75, 3.05) is 31.9 Å². The Morgan fingerprint density at radius 1 is 0.966 bits per heavy atom. The maximum Gasteiger partial charge on any atom is 0.243 e. The number of piperazine rings is 1. The molecule has 1 saturated heterocycles. The van der Waals surface area contributed by atoms with Crippen molar-refractivity contribution in [1.29, 1.82) is 0 Å². The Labute approximate surface area is 171 Å². The van der Waals surface area contributed by atoms with Gasteiger partial charge in [-0.05, 0) is 36.4 Å². The smallest absolute Gasteiger partial charge is 0.243 e. The molecule has 5 nitrogen and oxygen atoms in total. The summed E-state index contributed by atoms with van der Waals surface area (Å²) >= 11 is 1.24. The van der Waals surface area contributed by atoms with Gasteiger partial charge in [-0.15, -0.1) is 11.8 Å². The summed E-state index contributed by atoms with van der Waals surface area (Å²) in [7, 11) is -3.81. The summed E-state index contributed by atoms with van der Waals surface area (Å²) in [6, 6.07) is 8.40. The molecule has 0 atom stereocenters. The molecule has 0 N–H and O–H groups in total. The van der Waals surface area contributed by atoms with Gasteiger partial charge in [-0.1, -0.05) is 6.07 Å². The number of halogens is 3. The van der Waals surface area contributed by atoms with E-state index in [0.29, 0.717) is 10.6 Å². The zero-order valence-electron chi connectivity index (χ0n) is 15.4. The van der Waals surface area contributed by atoms with E-state index in [1.54, 1.807) is 4.90 Å². The van der Waals surface area contributed by atoms with Crippen LogP contribution >= 0.6 is 11.8 Å².